The first-order valence-electron chi connectivity index (χ1n) is 11.1. The summed E-state index contributed by atoms with van der Waals surface area (Å²) >= 11 is 0. The molecule has 0 atom stereocenters. The zero-order valence-corrected chi connectivity index (χ0v) is 19.6. The number of nitrogens with zero attached hydrogens (tertiary/aromatic N) is 3. The van der Waals surface area contributed by atoms with Crippen LogP contribution in [0, 0.1) is 0 Å². The number of anilines is 3. The molecular weight excluding hydrogens is 402 g/mol. The summed E-state index contributed by atoms with van der Waals surface area (Å²) in [5.74, 6) is 0.134. The first kappa shape index (κ1) is 20.7. The third-order valence-corrected chi connectivity index (χ3v) is 6.41. The highest BCUT2D eigenvalue weighted by molar-refractivity contribution is 6.21. The molecule has 0 N–H and O–H groups in total. The summed E-state index contributed by atoms with van der Waals surface area (Å²) in [6, 6.07) is 10.5. The lowest BCUT2D eigenvalue weighted by atomic mass is 9.78. The molecule has 0 aliphatic carbocycles. The maximum absolute atomic E-state index is 12.1. The van der Waals surface area contributed by atoms with Crippen LogP contribution in [-0.2, 0) is 25.2 Å². The van der Waals surface area contributed by atoms with Crippen LogP contribution >= 0.6 is 0 Å². The number of carbonyl (C=O) groups excluding carboxylic acids is 3. The van der Waals surface area contributed by atoms with Crippen molar-refractivity contribution in [1.29, 1.82) is 0 Å². The topological polar surface area (TPSA) is 60.2 Å². The van der Waals surface area contributed by atoms with Crippen molar-refractivity contribution < 1.29 is 14.4 Å². The zero-order chi connectivity index (χ0) is 23.2. The number of rotatable bonds is 4. The molecule has 3 fully saturated rings. The van der Waals surface area contributed by atoms with E-state index in [1.807, 2.05) is 12.1 Å². The van der Waals surface area contributed by atoms with E-state index in [2.05, 4.69) is 59.7 Å². The van der Waals surface area contributed by atoms with E-state index in [1.165, 1.54) is 11.1 Å². The lowest BCUT2D eigenvalue weighted by Gasteiger charge is -2.27. The van der Waals surface area contributed by atoms with Gasteiger partial charge >= 0.3 is 0 Å². The molecule has 2 aromatic rings. The van der Waals surface area contributed by atoms with E-state index in [1.54, 1.807) is 14.7 Å². The molecule has 3 aliphatic rings. The molecule has 3 aliphatic heterocycles. The highest BCUT2D eigenvalue weighted by atomic mass is 16.2. The zero-order valence-electron chi connectivity index (χ0n) is 19.6. The largest absolute Gasteiger partial charge is 0.301 e. The predicted molar refractivity (Wildman–Crippen MR) is 126 cm³/mol. The van der Waals surface area contributed by atoms with Crippen LogP contribution in [0.2, 0.25) is 0 Å². The maximum Gasteiger partial charge on any atom is 0.247 e. The summed E-state index contributed by atoms with van der Waals surface area (Å²) in [4.78, 5) is 41.2. The van der Waals surface area contributed by atoms with Crippen molar-refractivity contribution in [3.8, 4) is 11.1 Å². The van der Waals surface area contributed by atoms with Gasteiger partial charge in [0.1, 0.15) is 19.6 Å². The van der Waals surface area contributed by atoms with E-state index >= 15 is 0 Å². The van der Waals surface area contributed by atoms with Crippen molar-refractivity contribution in [3.05, 3.63) is 41.5 Å². The molecule has 6 heteroatoms. The second-order valence-electron chi connectivity index (χ2n) is 11.1. The van der Waals surface area contributed by atoms with Crippen molar-refractivity contribution in [2.24, 2.45) is 0 Å². The van der Waals surface area contributed by atoms with Crippen molar-refractivity contribution in [2.75, 3.05) is 34.3 Å². The van der Waals surface area contributed by atoms with E-state index in [-0.39, 0.29) is 28.6 Å². The minimum absolute atomic E-state index is 0.0288. The summed E-state index contributed by atoms with van der Waals surface area (Å²) in [5, 5.41) is 0. The van der Waals surface area contributed by atoms with Crippen molar-refractivity contribution >= 4 is 34.8 Å². The Hall–Kier alpha value is -3.15. The Morgan fingerprint density at radius 1 is 0.562 bits per heavy atom. The Bertz CT molecular complexity index is 1170. The Morgan fingerprint density at radius 2 is 0.938 bits per heavy atom. The SMILES string of the molecule is CC(C)(C)c1cc(-c2cc(N3CC3=O)c(N3CC3=O)cc2N2CC2=O)cc(C(C)(C)C)c1. The van der Waals surface area contributed by atoms with E-state index in [4.69, 9.17) is 0 Å². The van der Waals surface area contributed by atoms with Crippen LogP contribution in [0.15, 0.2) is 30.3 Å². The fourth-order valence-corrected chi connectivity index (χ4v) is 4.06. The first-order chi connectivity index (χ1) is 14.8. The number of amides is 3. The predicted octanol–water partition coefficient (Wildman–Crippen LogP) is 3.99. The molecule has 3 heterocycles. The minimum atomic E-state index is -0.0449. The molecule has 166 valence electrons. The van der Waals surface area contributed by atoms with Crippen molar-refractivity contribution in [1.82, 2.24) is 0 Å². The first-order valence-corrected chi connectivity index (χ1v) is 11.1. The summed E-state index contributed by atoms with van der Waals surface area (Å²) in [6.45, 7) is 14.2. The molecule has 0 aromatic heterocycles. The highest BCUT2D eigenvalue weighted by Gasteiger charge is 2.42. The average molecular weight is 432 g/mol. The third-order valence-electron chi connectivity index (χ3n) is 6.41. The van der Waals surface area contributed by atoms with Crippen molar-refractivity contribution in [2.45, 2.75) is 52.4 Å². The Kier molecular flexibility index (Phi) is 4.17. The molecule has 0 spiro atoms. The molecular formula is C26H29N3O3. The molecule has 0 unspecified atom stereocenters. The molecule has 32 heavy (non-hydrogen) atoms. The summed E-state index contributed by atoms with van der Waals surface area (Å²) < 4.78 is 0. The summed E-state index contributed by atoms with van der Waals surface area (Å²) in [5.41, 5.74) is 6.54. The Labute approximate surface area is 188 Å². The minimum Gasteiger partial charge on any atom is -0.301 e. The van der Waals surface area contributed by atoms with Crippen LogP contribution in [0.1, 0.15) is 52.7 Å². The van der Waals surface area contributed by atoms with Crippen LogP contribution in [0.3, 0.4) is 0 Å². The van der Waals surface area contributed by atoms with Crippen LogP contribution in [0.5, 0.6) is 0 Å². The summed E-state index contributed by atoms with van der Waals surface area (Å²) in [7, 11) is 0. The maximum atomic E-state index is 12.1. The smallest absolute Gasteiger partial charge is 0.247 e. The monoisotopic (exact) mass is 431 g/mol. The van der Waals surface area contributed by atoms with Gasteiger partial charge in [-0.25, -0.2) is 0 Å². The molecule has 2 aromatic carbocycles. The average Bonchev–Trinajstić information content (AvgIpc) is 3.62. The van der Waals surface area contributed by atoms with Gasteiger partial charge in [-0.15, -0.1) is 0 Å². The van der Waals surface area contributed by atoms with Crippen LogP contribution in [-0.4, -0.2) is 37.4 Å². The van der Waals surface area contributed by atoms with Gasteiger partial charge in [-0.05, 0) is 39.7 Å². The van der Waals surface area contributed by atoms with Gasteiger partial charge < -0.3 is 4.90 Å². The van der Waals surface area contributed by atoms with Gasteiger partial charge in [0.2, 0.25) is 17.7 Å². The molecule has 0 saturated carbocycles. The molecule has 3 saturated heterocycles. The third kappa shape index (κ3) is 3.57. The Balaban J connectivity index is 1.75. The van der Waals surface area contributed by atoms with Gasteiger partial charge in [0.15, 0.2) is 0 Å². The van der Waals surface area contributed by atoms with Gasteiger partial charge in [0.05, 0.1) is 17.1 Å². The van der Waals surface area contributed by atoms with E-state index in [0.29, 0.717) is 25.3 Å². The molecule has 0 bridgehead atoms. The standard InChI is InChI=1S/C26H29N3O3/c1-25(2,3)16-7-15(8-17(9-16)26(4,5)6)18-10-20(28-13-23(28)31)21(29-14-24(29)32)11-19(18)27-12-22(27)30/h7-11H,12-14H2,1-6H3. The van der Waals surface area contributed by atoms with Gasteiger partial charge in [0, 0.05) is 5.56 Å². The van der Waals surface area contributed by atoms with Gasteiger partial charge in [0.25, 0.3) is 0 Å². The number of hydrogen-bond acceptors (Lipinski definition) is 3. The number of hydrogen-bond donors (Lipinski definition) is 0. The van der Waals surface area contributed by atoms with Crippen LogP contribution < -0.4 is 14.7 Å². The van der Waals surface area contributed by atoms with Gasteiger partial charge in [-0.2, -0.15) is 0 Å². The van der Waals surface area contributed by atoms with Gasteiger partial charge in [-0.3, -0.25) is 24.2 Å². The highest BCUT2D eigenvalue weighted by Crippen LogP contribution is 2.47. The van der Waals surface area contributed by atoms with E-state index in [9.17, 15) is 14.4 Å². The second-order valence-corrected chi connectivity index (χ2v) is 11.1. The normalized spacial score (nSPS) is 17.9. The van der Waals surface area contributed by atoms with E-state index in [0.717, 1.165) is 22.5 Å². The molecule has 3 amide bonds. The van der Waals surface area contributed by atoms with Crippen LogP contribution in [0.4, 0.5) is 17.1 Å². The summed E-state index contributed by atoms with van der Waals surface area (Å²) in [6.07, 6.45) is 0. The lowest BCUT2D eigenvalue weighted by molar-refractivity contribution is -0.110. The van der Waals surface area contributed by atoms with E-state index < -0.39 is 0 Å². The second kappa shape index (κ2) is 6.44. The molecule has 6 nitrogen and oxygen atoms in total. The lowest BCUT2D eigenvalue weighted by Crippen LogP contribution is -2.16. The Morgan fingerprint density at radius 3 is 1.31 bits per heavy atom. The number of carbonyl (C=O) groups is 3. The van der Waals surface area contributed by atoms with Crippen LogP contribution in [0.25, 0.3) is 11.1 Å². The molecule has 0 radical (unpaired) electrons. The van der Waals surface area contributed by atoms with Crippen molar-refractivity contribution in [3.63, 3.8) is 0 Å². The van der Waals surface area contributed by atoms with Gasteiger partial charge in [-0.1, -0.05) is 59.7 Å². The fourth-order valence-electron chi connectivity index (χ4n) is 4.06. The molecule has 5 rings (SSSR count). The quantitative estimate of drug-likeness (QED) is 0.688. The fraction of sp³-hybridized carbons (Fsp3) is 0.423. The number of benzene rings is 2.